The predicted octanol–water partition coefficient (Wildman–Crippen LogP) is 3.69. The van der Waals surface area contributed by atoms with E-state index in [1.54, 1.807) is 17.0 Å². The van der Waals surface area contributed by atoms with Crippen LogP contribution in [0.5, 0.6) is 0 Å². The van der Waals surface area contributed by atoms with E-state index < -0.39 is 5.97 Å². The van der Waals surface area contributed by atoms with Crippen LogP contribution in [-0.2, 0) is 11.2 Å². The number of hydrogen-bond donors (Lipinski definition) is 2. The summed E-state index contributed by atoms with van der Waals surface area (Å²) in [6.45, 7) is 1.28. The Morgan fingerprint density at radius 1 is 1.10 bits per heavy atom. The highest BCUT2D eigenvalue weighted by atomic mass is 16.4. The molecule has 0 radical (unpaired) electrons. The largest absolute Gasteiger partial charge is 0.478 e. The van der Waals surface area contributed by atoms with Crippen molar-refractivity contribution in [2.24, 2.45) is 5.92 Å². The zero-order valence-corrected chi connectivity index (χ0v) is 16.0. The number of carbonyl (C=O) groups excluding carboxylic acids is 1. The Morgan fingerprint density at radius 2 is 1.76 bits per heavy atom. The van der Waals surface area contributed by atoms with Crippen LogP contribution in [0.4, 0.5) is 5.69 Å². The highest BCUT2D eigenvalue weighted by Crippen LogP contribution is 2.22. The number of nitrogens with one attached hydrogen (secondary N) is 1. The number of nitrogens with zero attached hydrogens (tertiary/aromatic N) is 2. The number of anilines is 1. The van der Waals surface area contributed by atoms with Crippen LogP contribution < -0.4 is 5.32 Å². The molecule has 2 N–H and O–H groups in total. The lowest BCUT2D eigenvalue weighted by atomic mass is 9.90. The maximum Gasteiger partial charge on any atom is 0.335 e. The van der Waals surface area contributed by atoms with E-state index in [9.17, 15) is 14.9 Å². The van der Waals surface area contributed by atoms with Gasteiger partial charge in [0.15, 0.2) is 0 Å². The third kappa shape index (κ3) is 5.45. The highest BCUT2D eigenvalue weighted by molar-refractivity contribution is 5.97. The number of piperidine rings is 1. The molecule has 1 aliphatic heterocycles. The van der Waals surface area contributed by atoms with Crippen LogP contribution in [-0.4, -0.2) is 35.0 Å². The number of aromatic carboxylic acids is 1. The maximum absolute atomic E-state index is 12.7. The number of amides is 1. The summed E-state index contributed by atoms with van der Waals surface area (Å²) in [4.78, 5) is 25.3. The van der Waals surface area contributed by atoms with Crippen molar-refractivity contribution in [2.75, 3.05) is 18.4 Å². The third-order valence-corrected chi connectivity index (χ3v) is 5.13. The highest BCUT2D eigenvalue weighted by Gasteiger charge is 2.25. The van der Waals surface area contributed by atoms with Gasteiger partial charge in [-0.3, -0.25) is 4.79 Å². The van der Waals surface area contributed by atoms with Gasteiger partial charge in [0.1, 0.15) is 11.6 Å². The number of rotatable bonds is 6. The predicted molar refractivity (Wildman–Crippen MR) is 110 cm³/mol. The molecule has 0 aromatic heterocycles. The SMILES string of the molecule is N#C/C(=C/Nc1ccc(C(=O)O)cc1)C(=O)N1CCC(Cc2ccccc2)CC1. The van der Waals surface area contributed by atoms with E-state index >= 15 is 0 Å². The van der Waals surface area contributed by atoms with Crippen LogP contribution in [0.15, 0.2) is 66.4 Å². The first-order chi connectivity index (χ1) is 14.1. The number of carboxylic acids is 1. The molecule has 0 aliphatic carbocycles. The average molecular weight is 389 g/mol. The zero-order valence-electron chi connectivity index (χ0n) is 16.0. The Bertz CT molecular complexity index is 922. The fourth-order valence-electron chi connectivity index (χ4n) is 3.46. The molecule has 2 aromatic carbocycles. The monoisotopic (exact) mass is 389 g/mol. The lowest BCUT2D eigenvalue weighted by Crippen LogP contribution is -2.39. The minimum absolute atomic E-state index is 0.0359. The Balaban J connectivity index is 1.55. The van der Waals surface area contributed by atoms with Gasteiger partial charge in [0, 0.05) is 25.0 Å². The zero-order chi connectivity index (χ0) is 20.6. The van der Waals surface area contributed by atoms with E-state index in [0.29, 0.717) is 24.7 Å². The van der Waals surface area contributed by atoms with E-state index in [1.165, 1.54) is 23.9 Å². The number of carboxylic acid groups (broad SMARTS) is 1. The van der Waals surface area contributed by atoms with Gasteiger partial charge >= 0.3 is 5.97 Å². The van der Waals surface area contributed by atoms with Gasteiger partial charge in [0.05, 0.1) is 5.56 Å². The van der Waals surface area contributed by atoms with Crippen LogP contribution in [0.3, 0.4) is 0 Å². The second-order valence-corrected chi connectivity index (χ2v) is 7.12. The average Bonchev–Trinajstić information content (AvgIpc) is 2.75. The molecule has 0 bridgehead atoms. The van der Waals surface area contributed by atoms with Gasteiger partial charge in [-0.2, -0.15) is 5.26 Å². The van der Waals surface area contributed by atoms with Crippen molar-refractivity contribution in [3.05, 3.63) is 77.5 Å². The normalized spacial score (nSPS) is 14.9. The minimum Gasteiger partial charge on any atom is -0.478 e. The van der Waals surface area contributed by atoms with E-state index in [2.05, 4.69) is 17.4 Å². The summed E-state index contributed by atoms with van der Waals surface area (Å²) < 4.78 is 0. The fourth-order valence-corrected chi connectivity index (χ4v) is 3.46. The summed E-state index contributed by atoms with van der Waals surface area (Å²) in [5.74, 6) is -0.738. The molecule has 3 rings (SSSR count). The molecule has 1 amide bonds. The Morgan fingerprint density at radius 3 is 2.34 bits per heavy atom. The molecule has 0 unspecified atom stereocenters. The minimum atomic E-state index is -1.00. The van der Waals surface area contributed by atoms with E-state index in [0.717, 1.165) is 19.3 Å². The summed E-state index contributed by atoms with van der Waals surface area (Å²) in [5, 5.41) is 21.2. The molecule has 2 aromatic rings. The van der Waals surface area contributed by atoms with Crippen molar-refractivity contribution in [2.45, 2.75) is 19.3 Å². The van der Waals surface area contributed by atoms with Gasteiger partial charge in [0.25, 0.3) is 5.91 Å². The molecule has 0 saturated carbocycles. The van der Waals surface area contributed by atoms with E-state index in [1.807, 2.05) is 24.3 Å². The summed E-state index contributed by atoms with van der Waals surface area (Å²) in [6.07, 6.45) is 4.23. The fraction of sp³-hybridized carbons (Fsp3) is 0.261. The Hall–Kier alpha value is -3.59. The van der Waals surface area contributed by atoms with Crippen molar-refractivity contribution in [3.8, 4) is 6.07 Å². The Kier molecular flexibility index (Phi) is 6.64. The number of hydrogen-bond acceptors (Lipinski definition) is 4. The van der Waals surface area contributed by atoms with Crippen LogP contribution >= 0.6 is 0 Å². The standard InChI is InChI=1S/C23H23N3O3/c24-15-20(16-25-21-8-6-19(7-9-21)23(28)29)22(27)26-12-10-18(11-13-26)14-17-4-2-1-3-5-17/h1-9,16,18,25H,10-14H2,(H,28,29)/b20-16-. The van der Waals surface area contributed by atoms with E-state index in [4.69, 9.17) is 5.11 Å². The van der Waals surface area contributed by atoms with Crippen molar-refractivity contribution in [1.82, 2.24) is 4.90 Å². The molecule has 1 aliphatic rings. The molecule has 0 atom stereocenters. The van der Waals surface area contributed by atoms with Gasteiger partial charge in [-0.05, 0) is 55.0 Å². The van der Waals surface area contributed by atoms with Crippen molar-refractivity contribution >= 4 is 17.6 Å². The lowest BCUT2D eigenvalue weighted by Gasteiger charge is -2.32. The second kappa shape index (κ2) is 9.56. The van der Waals surface area contributed by atoms with Gasteiger partial charge in [0.2, 0.25) is 0 Å². The first kappa shape index (κ1) is 20.2. The quantitative estimate of drug-likeness (QED) is 0.581. The van der Waals surface area contributed by atoms with Gasteiger partial charge in [-0.25, -0.2) is 4.79 Å². The molecule has 0 spiro atoms. The number of carbonyl (C=O) groups is 2. The van der Waals surface area contributed by atoms with Crippen LogP contribution in [0.2, 0.25) is 0 Å². The maximum atomic E-state index is 12.7. The van der Waals surface area contributed by atoms with Crippen molar-refractivity contribution in [3.63, 3.8) is 0 Å². The van der Waals surface area contributed by atoms with Gasteiger partial charge in [-0.15, -0.1) is 0 Å². The number of likely N-dealkylation sites (tertiary alicyclic amines) is 1. The molecule has 148 valence electrons. The van der Waals surface area contributed by atoms with Crippen LogP contribution in [0.25, 0.3) is 0 Å². The molecule has 1 heterocycles. The molecule has 1 fully saturated rings. The van der Waals surface area contributed by atoms with Crippen LogP contribution in [0.1, 0.15) is 28.8 Å². The molecule has 6 nitrogen and oxygen atoms in total. The third-order valence-electron chi connectivity index (χ3n) is 5.13. The van der Waals surface area contributed by atoms with Crippen LogP contribution in [0, 0.1) is 17.2 Å². The lowest BCUT2D eigenvalue weighted by molar-refractivity contribution is -0.128. The molecule has 6 heteroatoms. The molecule has 1 saturated heterocycles. The van der Waals surface area contributed by atoms with Crippen molar-refractivity contribution < 1.29 is 14.7 Å². The molecular weight excluding hydrogens is 366 g/mol. The van der Waals surface area contributed by atoms with E-state index in [-0.39, 0.29) is 17.0 Å². The number of nitriles is 1. The summed E-state index contributed by atoms with van der Waals surface area (Å²) in [7, 11) is 0. The summed E-state index contributed by atoms with van der Waals surface area (Å²) in [6, 6.07) is 18.4. The topological polar surface area (TPSA) is 93.4 Å². The number of benzene rings is 2. The first-order valence-corrected chi connectivity index (χ1v) is 9.60. The Labute approximate surface area is 170 Å². The smallest absolute Gasteiger partial charge is 0.335 e. The first-order valence-electron chi connectivity index (χ1n) is 9.60. The summed E-state index contributed by atoms with van der Waals surface area (Å²) in [5.41, 5.74) is 2.13. The second-order valence-electron chi connectivity index (χ2n) is 7.12. The summed E-state index contributed by atoms with van der Waals surface area (Å²) >= 11 is 0. The van der Waals surface area contributed by atoms with Crippen molar-refractivity contribution in [1.29, 1.82) is 5.26 Å². The molecule has 29 heavy (non-hydrogen) atoms. The molecular formula is C23H23N3O3. The van der Waals surface area contributed by atoms with Gasteiger partial charge in [-0.1, -0.05) is 30.3 Å². The van der Waals surface area contributed by atoms with Gasteiger partial charge < -0.3 is 15.3 Å².